The van der Waals surface area contributed by atoms with Crippen LogP contribution < -0.4 is 34.6 Å². The molecule has 2 N–H and O–H groups in total. The van der Waals surface area contributed by atoms with E-state index in [1.807, 2.05) is 21.6 Å². The average Bonchev–Trinajstić information content (AvgIpc) is 2.72. The number of halogens is 2. The second kappa shape index (κ2) is 7.77. The van der Waals surface area contributed by atoms with Crippen molar-refractivity contribution in [1.82, 2.24) is 9.80 Å². The van der Waals surface area contributed by atoms with E-state index in [9.17, 15) is 0 Å². The summed E-state index contributed by atoms with van der Waals surface area (Å²) in [7, 11) is 12.6. The van der Waals surface area contributed by atoms with Gasteiger partial charge in [0.05, 0.1) is 26.5 Å². The molecule has 2 aliphatic heterocycles. The van der Waals surface area contributed by atoms with Crippen LogP contribution in [0, 0.1) is 0 Å². The first kappa shape index (κ1) is 18.3. The highest BCUT2D eigenvalue weighted by Gasteiger charge is 2.32. The maximum absolute atomic E-state index is 2.27. The van der Waals surface area contributed by atoms with Gasteiger partial charge in [-0.15, -0.1) is 0 Å². The fraction of sp³-hybridized carbons (Fsp3) is 0.600. The third kappa shape index (κ3) is 3.88. The van der Waals surface area contributed by atoms with Crippen molar-refractivity contribution >= 4 is 21.6 Å². The van der Waals surface area contributed by atoms with Crippen molar-refractivity contribution < 1.29 is 34.6 Å². The standard InChI is InChI=1S/C10H18N4S2.2ClH/c1-11-5-6-12(2)9(11)15-16-10-13(3)7-8-14(10)4;;/h5-10H,1-4H3;2*1H. The quantitative estimate of drug-likeness (QED) is 0.500. The van der Waals surface area contributed by atoms with Gasteiger partial charge in [0.2, 0.25) is 11.0 Å². The van der Waals surface area contributed by atoms with Crippen LogP contribution in [0.15, 0.2) is 24.8 Å². The van der Waals surface area contributed by atoms with E-state index in [4.69, 9.17) is 0 Å². The minimum atomic E-state index is 0. The van der Waals surface area contributed by atoms with Gasteiger partial charge >= 0.3 is 0 Å². The van der Waals surface area contributed by atoms with E-state index in [0.717, 1.165) is 0 Å². The van der Waals surface area contributed by atoms with Gasteiger partial charge in [0.1, 0.15) is 12.4 Å². The predicted molar refractivity (Wildman–Crippen MR) is 70.3 cm³/mol. The van der Waals surface area contributed by atoms with Crippen LogP contribution >= 0.6 is 21.6 Å². The molecular formula is C10H20Cl2N4S2. The molecule has 106 valence electrons. The topological polar surface area (TPSA) is 15.4 Å². The lowest BCUT2D eigenvalue weighted by Gasteiger charge is -2.25. The molecule has 4 atom stereocenters. The first-order valence-corrected chi connectivity index (χ1v) is 7.66. The van der Waals surface area contributed by atoms with Crippen LogP contribution in [0.3, 0.4) is 0 Å². The van der Waals surface area contributed by atoms with E-state index < -0.39 is 0 Å². The Hall–Kier alpha value is 0.280. The monoisotopic (exact) mass is 330 g/mol. The summed E-state index contributed by atoms with van der Waals surface area (Å²) in [6.07, 6.45) is 8.71. The fourth-order valence-electron chi connectivity index (χ4n) is 1.83. The molecule has 2 rings (SSSR count). The van der Waals surface area contributed by atoms with E-state index in [1.54, 1.807) is 0 Å². The SMILES string of the molecule is CN1C=C[NH+](C)C1SSC1N(C)C=C[NH+]1C.[Cl-].[Cl-]. The number of quaternary nitrogens is 2. The van der Waals surface area contributed by atoms with Crippen LogP contribution in [0.4, 0.5) is 0 Å². The number of hydrogen-bond acceptors (Lipinski definition) is 4. The first-order valence-electron chi connectivity index (χ1n) is 5.39. The van der Waals surface area contributed by atoms with Crippen LogP contribution in [-0.4, -0.2) is 49.0 Å². The Bertz CT molecular complexity index is 262. The summed E-state index contributed by atoms with van der Waals surface area (Å²) in [6, 6.07) is 0. The summed E-state index contributed by atoms with van der Waals surface area (Å²) in [6.45, 7) is 0. The van der Waals surface area contributed by atoms with E-state index in [1.165, 1.54) is 9.80 Å². The fourth-order valence-corrected chi connectivity index (χ4v) is 5.27. The molecule has 8 heteroatoms. The summed E-state index contributed by atoms with van der Waals surface area (Å²) in [4.78, 5) is 7.41. The maximum Gasteiger partial charge on any atom is 0.225 e. The van der Waals surface area contributed by atoms with Crippen molar-refractivity contribution in [3.05, 3.63) is 24.8 Å². The number of hydrogen-bond donors (Lipinski definition) is 2. The summed E-state index contributed by atoms with van der Waals surface area (Å²) in [5.74, 6) is 0. The highest BCUT2D eigenvalue weighted by atomic mass is 35.5. The molecule has 0 saturated carbocycles. The molecule has 0 aromatic carbocycles. The van der Waals surface area contributed by atoms with Gasteiger partial charge in [-0.3, -0.25) is 9.80 Å². The van der Waals surface area contributed by atoms with Gasteiger partial charge in [0.25, 0.3) is 0 Å². The molecule has 0 aromatic rings. The van der Waals surface area contributed by atoms with Crippen molar-refractivity contribution in [2.24, 2.45) is 0 Å². The summed E-state index contributed by atoms with van der Waals surface area (Å²) in [5, 5.41) is 0. The zero-order valence-corrected chi connectivity index (χ0v) is 14.1. The van der Waals surface area contributed by atoms with Crippen LogP contribution in [0.25, 0.3) is 0 Å². The van der Waals surface area contributed by atoms with Crippen LogP contribution in [0.1, 0.15) is 0 Å². The lowest BCUT2D eigenvalue weighted by molar-refractivity contribution is -0.839. The highest BCUT2D eigenvalue weighted by Crippen LogP contribution is 2.30. The second-order valence-corrected chi connectivity index (χ2v) is 6.78. The van der Waals surface area contributed by atoms with Gasteiger partial charge in [0, 0.05) is 35.7 Å². The molecular weight excluding hydrogens is 311 g/mol. The van der Waals surface area contributed by atoms with Gasteiger partial charge in [-0.05, 0) is 0 Å². The third-order valence-electron chi connectivity index (χ3n) is 2.90. The van der Waals surface area contributed by atoms with Crippen LogP contribution in [0.2, 0.25) is 0 Å². The molecule has 0 aromatic heterocycles. The Morgan fingerprint density at radius 1 is 0.833 bits per heavy atom. The van der Waals surface area contributed by atoms with Crippen molar-refractivity contribution in [1.29, 1.82) is 0 Å². The van der Waals surface area contributed by atoms with Crippen molar-refractivity contribution in [3.63, 3.8) is 0 Å². The smallest absolute Gasteiger partial charge is 0.225 e. The van der Waals surface area contributed by atoms with Gasteiger partial charge < -0.3 is 34.6 Å². The zero-order valence-electron chi connectivity index (χ0n) is 10.9. The molecule has 2 aliphatic rings. The van der Waals surface area contributed by atoms with Gasteiger partial charge in [-0.2, -0.15) is 0 Å². The Morgan fingerprint density at radius 2 is 1.17 bits per heavy atom. The van der Waals surface area contributed by atoms with Crippen molar-refractivity contribution in [3.8, 4) is 0 Å². The largest absolute Gasteiger partial charge is 1.00 e. The molecule has 18 heavy (non-hydrogen) atoms. The first-order chi connectivity index (χ1) is 7.59. The molecule has 0 spiro atoms. The summed E-state index contributed by atoms with van der Waals surface area (Å²) in [5.41, 5.74) is 0.985. The van der Waals surface area contributed by atoms with Crippen LogP contribution in [0.5, 0.6) is 0 Å². The lowest BCUT2D eigenvalue weighted by Crippen LogP contribution is -3.08. The number of nitrogens with one attached hydrogen (secondary N) is 2. The van der Waals surface area contributed by atoms with E-state index in [0.29, 0.717) is 11.0 Å². The molecule has 0 fully saturated rings. The molecule has 0 radical (unpaired) electrons. The van der Waals surface area contributed by atoms with Gasteiger partial charge in [-0.1, -0.05) is 0 Å². The maximum atomic E-state index is 2.27. The molecule has 0 amide bonds. The minimum Gasteiger partial charge on any atom is -1.00 e. The highest BCUT2D eigenvalue weighted by molar-refractivity contribution is 8.77. The average molecular weight is 331 g/mol. The van der Waals surface area contributed by atoms with Gasteiger partial charge in [0.15, 0.2) is 0 Å². The molecule has 0 bridgehead atoms. The van der Waals surface area contributed by atoms with E-state index >= 15 is 0 Å². The summed E-state index contributed by atoms with van der Waals surface area (Å²) >= 11 is 0. The van der Waals surface area contributed by atoms with Crippen molar-refractivity contribution in [2.45, 2.75) is 11.0 Å². The summed E-state index contributed by atoms with van der Waals surface area (Å²) < 4.78 is 0. The zero-order chi connectivity index (χ0) is 11.7. The Kier molecular flexibility index (Phi) is 7.89. The third-order valence-corrected chi connectivity index (χ3v) is 6.21. The normalized spacial score (nSPS) is 33.6. The Morgan fingerprint density at radius 3 is 1.39 bits per heavy atom. The molecule has 4 nitrogen and oxygen atoms in total. The molecule has 2 heterocycles. The molecule has 0 saturated heterocycles. The minimum absolute atomic E-state index is 0. The van der Waals surface area contributed by atoms with Crippen LogP contribution in [-0.2, 0) is 0 Å². The second-order valence-electron chi connectivity index (χ2n) is 4.35. The molecule has 4 unspecified atom stereocenters. The predicted octanol–water partition coefficient (Wildman–Crippen LogP) is -7.19. The Labute approximate surface area is 130 Å². The van der Waals surface area contributed by atoms with E-state index in [2.05, 4.69) is 62.8 Å². The Balaban J connectivity index is 0.00000144. The van der Waals surface area contributed by atoms with Gasteiger partial charge in [-0.25, -0.2) is 0 Å². The van der Waals surface area contributed by atoms with Crippen molar-refractivity contribution in [2.75, 3.05) is 28.2 Å². The van der Waals surface area contributed by atoms with E-state index in [-0.39, 0.29) is 24.8 Å². The lowest BCUT2D eigenvalue weighted by atomic mass is 10.8. The number of rotatable bonds is 3. The molecule has 0 aliphatic carbocycles. The number of nitrogens with zero attached hydrogens (tertiary/aromatic N) is 2.